The van der Waals surface area contributed by atoms with Crippen LogP contribution in [-0.2, 0) is 6.54 Å². The SMILES string of the molecule is Cc1cc(Cl)cc2sc(N(CCCn3ccnc3)C(=O)c3ccc(Cl)cc3)nc12.Cl. The van der Waals surface area contributed by atoms with E-state index in [0.717, 1.165) is 28.7 Å². The lowest BCUT2D eigenvalue weighted by atomic mass is 10.2. The van der Waals surface area contributed by atoms with Gasteiger partial charge in [-0.3, -0.25) is 9.69 Å². The topological polar surface area (TPSA) is 51.0 Å². The Morgan fingerprint density at radius 2 is 1.93 bits per heavy atom. The van der Waals surface area contributed by atoms with E-state index in [0.29, 0.717) is 27.3 Å². The predicted molar refractivity (Wildman–Crippen MR) is 127 cm³/mol. The Bertz CT molecular complexity index is 1140. The van der Waals surface area contributed by atoms with Crippen LogP contribution >= 0.6 is 46.9 Å². The maximum absolute atomic E-state index is 13.3. The summed E-state index contributed by atoms with van der Waals surface area (Å²) in [6, 6.07) is 10.7. The second-order valence-electron chi connectivity index (χ2n) is 6.68. The Morgan fingerprint density at radius 1 is 1.17 bits per heavy atom. The molecule has 0 aliphatic heterocycles. The molecule has 0 spiro atoms. The standard InChI is InChI=1S/C21H18Cl2N4OS.ClH/c1-14-11-17(23)12-18-19(14)25-21(29-18)27(9-2-8-26-10-7-24-13-26)20(28)15-3-5-16(22)6-4-15;/h3-7,10-13H,2,8-9H2,1H3;1H. The molecule has 30 heavy (non-hydrogen) atoms. The van der Waals surface area contributed by atoms with E-state index in [-0.39, 0.29) is 18.3 Å². The number of benzene rings is 2. The summed E-state index contributed by atoms with van der Waals surface area (Å²) in [6.07, 6.45) is 6.20. The first-order valence-corrected chi connectivity index (χ1v) is 10.7. The van der Waals surface area contributed by atoms with Crippen LogP contribution in [0.3, 0.4) is 0 Å². The molecule has 0 aliphatic rings. The highest BCUT2D eigenvalue weighted by Gasteiger charge is 2.22. The number of aromatic nitrogens is 3. The van der Waals surface area contributed by atoms with E-state index < -0.39 is 0 Å². The zero-order chi connectivity index (χ0) is 20.4. The zero-order valence-electron chi connectivity index (χ0n) is 16.1. The summed E-state index contributed by atoms with van der Waals surface area (Å²) in [5, 5.41) is 1.93. The lowest BCUT2D eigenvalue weighted by Gasteiger charge is -2.20. The van der Waals surface area contributed by atoms with Gasteiger partial charge in [-0.25, -0.2) is 9.97 Å². The minimum absolute atomic E-state index is 0. The highest BCUT2D eigenvalue weighted by atomic mass is 35.5. The van der Waals surface area contributed by atoms with Gasteiger partial charge in [-0.15, -0.1) is 12.4 Å². The molecule has 0 saturated carbocycles. The number of fused-ring (bicyclic) bond motifs is 1. The minimum Gasteiger partial charge on any atom is -0.337 e. The summed E-state index contributed by atoms with van der Waals surface area (Å²) < 4.78 is 2.96. The molecular formula is C21H19Cl3N4OS. The molecule has 0 unspecified atom stereocenters. The Morgan fingerprint density at radius 3 is 2.63 bits per heavy atom. The molecule has 4 aromatic rings. The average Bonchev–Trinajstić information content (AvgIpc) is 3.35. The number of halogens is 3. The molecule has 4 rings (SSSR count). The summed E-state index contributed by atoms with van der Waals surface area (Å²) in [5.41, 5.74) is 2.44. The van der Waals surface area contributed by atoms with Crippen molar-refractivity contribution in [3.63, 3.8) is 0 Å². The number of anilines is 1. The van der Waals surface area contributed by atoms with Crippen molar-refractivity contribution in [2.75, 3.05) is 11.4 Å². The summed E-state index contributed by atoms with van der Waals surface area (Å²) >= 11 is 13.7. The number of aryl methyl sites for hydroxylation is 2. The van der Waals surface area contributed by atoms with Gasteiger partial charge in [-0.05, 0) is 55.3 Å². The van der Waals surface area contributed by atoms with E-state index in [1.165, 1.54) is 11.3 Å². The van der Waals surface area contributed by atoms with Gasteiger partial charge in [-0.1, -0.05) is 34.5 Å². The van der Waals surface area contributed by atoms with Gasteiger partial charge in [0, 0.05) is 41.1 Å². The number of hydrogen-bond acceptors (Lipinski definition) is 4. The molecule has 2 aromatic heterocycles. The number of carbonyl (C=O) groups is 1. The van der Waals surface area contributed by atoms with E-state index in [4.69, 9.17) is 28.2 Å². The van der Waals surface area contributed by atoms with Gasteiger partial charge in [-0.2, -0.15) is 0 Å². The smallest absolute Gasteiger partial charge is 0.260 e. The fraction of sp³-hybridized carbons (Fsp3) is 0.190. The zero-order valence-corrected chi connectivity index (χ0v) is 19.2. The van der Waals surface area contributed by atoms with Crippen LogP contribution in [0.2, 0.25) is 10.0 Å². The second-order valence-corrected chi connectivity index (χ2v) is 8.57. The fourth-order valence-corrected chi connectivity index (χ4v) is 4.69. The van der Waals surface area contributed by atoms with Gasteiger partial charge in [0.1, 0.15) is 0 Å². The van der Waals surface area contributed by atoms with Crippen LogP contribution in [0, 0.1) is 6.92 Å². The lowest BCUT2D eigenvalue weighted by Crippen LogP contribution is -2.32. The third-order valence-corrected chi connectivity index (χ3v) is 6.06. The number of hydrogen-bond donors (Lipinski definition) is 0. The van der Waals surface area contributed by atoms with Gasteiger partial charge >= 0.3 is 0 Å². The number of amides is 1. The van der Waals surface area contributed by atoms with Crippen LogP contribution in [0.15, 0.2) is 55.1 Å². The molecule has 0 aliphatic carbocycles. The molecule has 0 fully saturated rings. The predicted octanol–water partition coefficient (Wildman–Crippen LogP) is 6.27. The maximum Gasteiger partial charge on any atom is 0.260 e. The molecule has 9 heteroatoms. The molecule has 1 amide bonds. The van der Waals surface area contributed by atoms with Crippen LogP contribution in [0.4, 0.5) is 5.13 Å². The molecular weight excluding hydrogens is 463 g/mol. The lowest BCUT2D eigenvalue weighted by molar-refractivity contribution is 0.0986. The van der Waals surface area contributed by atoms with E-state index in [9.17, 15) is 4.79 Å². The first-order valence-electron chi connectivity index (χ1n) is 9.11. The van der Waals surface area contributed by atoms with E-state index in [2.05, 4.69) is 4.98 Å². The van der Waals surface area contributed by atoms with Gasteiger partial charge in [0.15, 0.2) is 5.13 Å². The monoisotopic (exact) mass is 480 g/mol. The van der Waals surface area contributed by atoms with Crippen molar-refractivity contribution in [2.24, 2.45) is 0 Å². The Hall–Kier alpha value is -2.12. The summed E-state index contributed by atoms with van der Waals surface area (Å²) in [5.74, 6) is -0.102. The number of thiazole rings is 1. The van der Waals surface area contributed by atoms with Crippen molar-refractivity contribution in [3.8, 4) is 0 Å². The second kappa shape index (κ2) is 9.79. The number of carbonyl (C=O) groups excluding carboxylic acids is 1. The number of imidazole rings is 1. The van der Waals surface area contributed by atoms with Gasteiger partial charge in [0.2, 0.25) is 0 Å². The van der Waals surface area contributed by atoms with Crippen molar-refractivity contribution in [1.29, 1.82) is 0 Å². The number of nitrogens with zero attached hydrogens (tertiary/aromatic N) is 4. The van der Waals surface area contributed by atoms with Crippen LogP contribution in [0.1, 0.15) is 22.3 Å². The third-order valence-electron chi connectivity index (χ3n) is 4.56. The quantitative estimate of drug-likeness (QED) is 0.326. The van der Waals surface area contributed by atoms with Crippen molar-refractivity contribution < 1.29 is 4.79 Å². The van der Waals surface area contributed by atoms with Crippen molar-refractivity contribution in [1.82, 2.24) is 14.5 Å². The van der Waals surface area contributed by atoms with Crippen LogP contribution in [0.5, 0.6) is 0 Å². The maximum atomic E-state index is 13.3. The average molecular weight is 482 g/mol. The van der Waals surface area contributed by atoms with Gasteiger partial charge in [0.25, 0.3) is 5.91 Å². The highest BCUT2D eigenvalue weighted by Crippen LogP contribution is 2.33. The van der Waals surface area contributed by atoms with Crippen molar-refractivity contribution >= 4 is 68.2 Å². The van der Waals surface area contributed by atoms with E-state index in [1.54, 1.807) is 41.7 Å². The van der Waals surface area contributed by atoms with Crippen molar-refractivity contribution in [3.05, 3.63) is 76.3 Å². The molecule has 0 saturated heterocycles. The van der Waals surface area contributed by atoms with E-state index >= 15 is 0 Å². The Labute approximate surface area is 194 Å². The largest absolute Gasteiger partial charge is 0.337 e. The van der Waals surface area contributed by atoms with Gasteiger partial charge < -0.3 is 4.57 Å². The summed E-state index contributed by atoms with van der Waals surface area (Å²) in [7, 11) is 0. The molecule has 0 bridgehead atoms. The first-order chi connectivity index (χ1) is 14.0. The first kappa shape index (κ1) is 22.6. The van der Waals surface area contributed by atoms with Crippen LogP contribution in [-0.4, -0.2) is 27.0 Å². The molecule has 0 atom stereocenters. The molecule has 0 N–H and O–H groups in total. The minimum atomic E-state index is -0.102. The summed E-state index contributed by atoms with van der Waals surface area (Å²) in [4.78, 5) is 23.8. The molecule has 156 valence electrons. The van der Waals surface area contributed by atoms with Crippen LogP contribution < -0.4 is 4.90 Å². The van der Waals surface area contributed by atoms with Crippen LogP contribution in [0.25, 0.3) is 10.2 Å². The van der Waals surface area contributed by atoms with Crippen molar-refractivity contribution in [2.45, 2.75) is 19.9 Å². The summed E-state index contributed by atoms with van der Waals surface area (Å²) in [6.45, 7) is 3.27. The number of rotatable bonds is 6. The molecule has 0 radical (unpaired) electrons. The fourth-order valence-electron chi connectivity index (χ4n) is 3.12. The van der Waals surface area contributed by atoms with Gasteiger partial charge in [0.05, 0.1) is 16.5 Å². The molecule has 5 nitrogen and oxygen atoms in total. The molecule has 2 heterocycles. The molecule has 2 aromatic carbocycles. The Balaban J connectivity index is 0.00000256. The third kappa shape index (κ3) is 4.95. The highest BCUT2D eigenvalue weighted by molar-refractivity contribution is 7.22. The van der Waals surface area contributed by atoms with E-state index in [1.807, 2.05) is 29.8 Å². The normalized spacial score (nSPS) is 10.8. The Kier molecular flexibility index (Phi) is 7.36.